The van der Waals surface area contributed by atoms with Crippen molar-refractivity contribution in [2.24, 2.45) is 0 Å². The first-order valence-corrected chi connectivity index (χ1v) is 9.44. The van der Waals surface area contributed by atoms with Crippen LogP contribution in [0.1, 0.15) is 42.9 Å². The third-order valence-electron chi connectivity index (χ3n) is 4.21. The Morgan fingerprint density at radius 2 is 2.00 bits per heavy atom. The smallest absolute Gasteiger partial charge is 0.352 e. The predicted molar refractivity (Wildman–Crippen MR) is 109 cm³/mol. The highest BCUT2D eigenvalue weighted by atomic mass is 35.5. The molecule has 3 N–H and O–H groups in total. The van der Waals surface area contributed by atoms with Gasteiger partial charge in [0, 0.05) is 18.1 Å². The molecule has 1 aromatic carbocycles. The van der Waals surface area contributed by atoms with Crippen LogP contribution >= 0.6 is 11.6 Å². The number of carboxylic acids is 1. The molecule has 0 saturated heterocycles. The van der Waals surface area contributed by atoms with Crippen molar-refractivity contribution in [2.75, 3.05) is 6.54 Å². The fourth-order valence-corrected chi connectivity index (χ4v) is 3.22. The van der Waals surface area contributed by atoms with Crippen molar-refractivity contribution in [1.29, 1.82) is 0 Å². The van der Waals surface area contributed by atoms with Crippen molar-refractivity contribution < 1.29 is 19.7 Å². The number of aliphatic hydroxyl groups is 1. The number of rotatable bonds is 7. The first-order chi connectivity index (χ1) is 13.7. The minimum absolute atomic E-state index is 0.0182. The molecule has 0 aliphatic heterocycles. The summed E-state index contributed by atoms with van der Waals surface area (Å²) in [6.45, 7) is 5.67. The fourth-order valence-electron chi connectivity index (χ4n) is 3.09. The van der Waals surface area contributed by atoms with Gasteiger partial charge in [-0.1, -0.05) is 30.3 Å². The summed E-state index contributed by atoms with van der Waals surface area (Å²) in [5.74, 6) is -1.11. The molecule has 0 radical (unpaired) electrons. The Kier molecular flexibility index (Phi) is 6.18. The second-order valence-electron chi connectivity index (χ2n) is 7.54. The van der Waals surface area contributed by atoms with Gasteiger partial charge in [-0.3, -0.25) is 5.32 Å². The maximum absolute atomic E-state index is 11.9. The highest BCUT2D eigenvalue weighted by Crippen LogP contribution is 2.28. The van der Waals surface area contributed by atoms with E-state index in [-0.39, 0.29) is 17.5 Å². The average molecular weight is 419 g/mol. The van der Waals surface area contributed by atoms with Crippen molar-refractivity contribution in [3.05, 3.63) is 59.1 Å². The molecule has 3 rings (SSSR count). The van der Waals surface area contributed by atoms with Gasteiger partial charge in [0.1, 0.15) is 11.3 Å². The molecular formula is C20H23ClN4O4. The SMILES string of the molecule is CC(C)(C)OC(O)NC[C@H](c1ccccc1)n1c(C(=O)O)cc2cnc(Cl)nc21. The lowest BCUT2D eigenvalue weighted by atomic mass is 10.1. The minimum Gasteiger partial charge on any atom is -0.477 e. The Bertz CT molecular complexity index is 1000. The molecule has 0 fully saturated rings. The maximum atomic E-state index is 11.9. The number of aromatic carboxylic acids is 1. The topological polar surface area (TPSA) is 110 Å². The lowest BCUT2D eigenvalue weighted by Crippen LogP contribution is -2.41. The molecule has 0 bridgehead atoms. The van der Waals surface area contributed by atoms with Gasteiger partial charge in [0.05, 0.1) is 11.6 Å². The molecule has 2 heterocycles. The van der Waals surface area contributed by atoms with E-state index in [2.05, 4.69) is 15.3 Å². The molecule has 0 saturated carbocycles. The minimum atomic E-state index is -1.23. The van der Waals surface area contributed by atoms with Crippen LogP contribution in [0.2, 0.25) is 5.28 Å². The summed E-state index contributed by atoms with van der Waals surface area (Å²) >= 11 is 5.97. The molecule has 0 amide bonds. The van der Waals surface area contributed by atoms with Gasteiger partial charge >= 0.3 is 5.97 Å². The standard InChI is InChI=1S/C20H23ClN4O4/c1-20(2,3)29-19(28)23-11-15(12-7-5-4-6-8-12)25-14(17(26)27)9-13-10-22-18(21)24-16(13)25/h4-10,15,19,23,28H,11H2,1-3H3,(H,26,27)/t15-,19?/m1/s1. The van der Waals surface area contributed by atoms with Crippen molar-refractivity contribution >= 4 is 28.6 Å². The summed E-state index contributed by atoms with van der Waals surface area (Å²) in [7, 11) is 0. The van der Waals surface area contributed by atoms with Crippen molar-refractivity contribution in [3.8, 4) is 0 Å². The zero-order chi connectivity index (χ0) is 21.2. The van der Waals surface area contributed by atoms with Crippen LogP contribution in [-0.2, 0) is 4.74 Å². The number of benzene rings is 1. The fraction of sp³-hybridized carbons (Fsp3) is 0.350. The Morgan fingerprint density at radius 3 is 2.62 bits per heavy atom. The number of ether oxygens (including phenoxy) is 1. The Labute approximate surface area is 173 Å². The third kappa shape index (κ3) is 5.10. The maximum Gasteiger partial charge on any atom is 0.352 e. The number of fused-ring (bicyclic) bond motifs is 1. The molecule has 0 aliphatic rings. The molecule has 29 heavy (non-hydrogen) atoms. The number of hydrogen-bond donors (Lipinski definition) is 3. The van der Waals surface area contributed by atoms with Gasteiger partial charge in [0.2, 0.25) is 11.7 Å². The van der Waals surface area contributed by atoms with Gasteiger partial charge in [0.25, 0.3) is 0 Å². The van der Waals surface area contributed by atoms with Crippen molar-refractivity contribution in [3.63, 3.8) is 0 Å². The van der Waals surface area contributed by atoms with E-state index in [1.807, 2.05) is 51.1 Å². The monoisotopic (exact) mass is 418 g/mol. The van der Waals surface area contributed by atoms with Crippen LogP contribution in [0.15, 0.2) is 42.6 Å². The number of halogens is 1. The number of aromatic nitrogens is 3. The van der Waals surface area contributed by atoms with E-state index in [1.165, 1.54) is 12.3 Å². The molecule has 2 atom stereocenters. The van der Waals surface area contributed by atoms with Gasteiger partial charge in [-0.2, -0.15) is 4.98 Å². The van der Waals surface area contributed by atoms with Crippen LogP contribution in [0.4, 0.5) is 0 Å². The van der Waals surface area contributed by atoms with Crippen molar-refractivity contribution in [1.82, 2.24) is 19.9 Å². The molecular weight excluding hydrogens is 396 g/mol. The van der Waals surface area contributed by atoms with Crippen LogP contribution in [0.5, 0.6) is 0 Å². The Balaban J connectivity index is 2.06. The first-order valence-electron chi connectivity index (χ1n) is 9.07. The van der Waals surface area contributed by atoms with Gasteiger partial charge < -0.3 is 19.5 Å². The van der Waals surface area contributed by atoms with Crippen LogP contribution in [0, 0.1) is 0 Å². The van der Waals surface area contributed by atoms with E-state index >= 15 is 0 Å². The molecule has 3 aromatic rings. The highest BCUT2D eigenvalue weighted by Gasteiger charge is 2.26. The lowest BCUT2D eigenvalue weighted by molar-refractivity contribution is -0.181. The molecule has 154 valence electrons. The number of nitrogens with one attached hydrogen (secondary N) is 1. The van der Waals surface area contributed by atoms with E-state index < -0.39 is 24.0 Å². The zero-order valence-electron chi connectivity index (χ0n) is 16.3. The summed E-state index contributed by atoms with van der Waals surface area (Å²) < 4.78 is 7.08. The van der Waals surface area contributed by atoms with E-state index in [9.17, 15) is 15.0 Å². The van der Waals surface area contributed by atoms with Crippen LogP contribution in [0.25, 0.3) is 11.0 Å². The third-order valence-corrected chi connectivity index (χ3v) is 4.39. The van der Waals surface area contributed by atoms with Gasteiger partial charge in [-0.15, -0.1) is 0 Å². The van der Waals surface area contributed by atoms with Crippen LogP contribution < -0.4 is 5.32 Å². The number of carbonyl (C=O) groups is 1. The summed E-state index contributed by atoms with van der Waals surface area (Å²) in [6, 6.07) is 10.4. The van der Waals surface area contributed by atoms with E-state index in [1.54, 1.807) is 4.57 Å². The normalized spacial score (nSPS) is 14.1. The summed E-state index contributed by atoms with van der Waals surface area (Å²) in [5.41, 5.74) is 0.710. The molecule has 9 heteroatoms. The van der Waals surface area contributed by atoms with Crippen molar-refractivity contribution in [2.45, 2.75) is 38.8 Å². The van der Waals surface area contributed by atoms with Crippen LogP contribution in [-0.4, -0.2) is 49.3 Å². The van der Waals surface area contributed by atoms with E-state index in [0.29, 0.717) is 11.0 Å². The summed E-state index contributed by atoms with van der Waals surface area (Å²) in [5, 5.41) is 23.5. The van der Waals surface area contributed by atoms with E-state index in [4.69, 9.17) is 16.3 Å². The number of nitrogens with zero attached hydrogens (tertiary/aromatic N) is 3. The second-order valence-corrected chi connectivity index (χ2v) is 7.88. The Morgan fingerprint density at radius 1 is 1.31 bits per heavy atom. The quantitative estimate of drug-likeness (QED) is 0.399. The lowest BCUT2D eigenvalue weighted by Gasteiger charge is -2.27. The number of hydrogen-bond acceptors (Lipinski definition) is 6. The van der Waals surface area contributed by atoms with E-state index in [0.717, 1.165) is 5.56 Å². The Hall–Kier alpha value is -2.52. The number of aliphatic hydroxyl groups excluding tert-OH is 1. The zero-order valence-corrected chi connectivity index (χ0v) is 17.1. The average Bonchev–Trinajstić information content (AvgIpc) is 3.00. The predicted octanol–water partition coefficient (Wildman–Crippen LogP) is 3.05. The first kappa shape index (κ1) is 21.2. The molecule has 0 aliphatic carbocycles. The summed E-state index contributed by atoms with van der Waals surface area (Å²) in [4.78, 5) is 20.1. The largest absolute Gasteiger partial charge is 0.477 e. The second kappa shape index (κ2) is 8.46. The van der Waals surface area contributed by atoms with Crippen LogP contribution in [0.3, 0.4) is 0 Å². The molecule has 1 unspecified atom stereocenters. The molecule has 0 spiro atoms. The summed E-state index contributed by atoms with van der Waals surface area (Å²) in [6.07, 6.45) is 0.259. The van der Waals surface area contributed by atoms with Gasteiger partial charge in [-0.25, -0.2) is 9.78 Å². The number of carboxylic acid groups (broad SMARTS) is 1. The van der Waals surface area contributed by atoms with Gasteiger partial charge in [-0.05, 0) is 44.0 Å². The highest BCUT2D eigenvalue weighted by molar-refractivity contribution is 6.28. The molecule has 8 nitrogen and oxygen atoms in total. The molecule has 2 aromatic heterocycles. The van der Waals surface area contributed by atoms with Gasteiger partial charge in [0.15, 0.2) is 0 Å².